The van der Waals surface area contributed by atoms with Gasteiger partial charge in [-0.05, 0) is 29.8 Å². The van der Waals surface area contributed by atoms with Gasteiger partial charge < -0.3 is 30.5 Å². The highest BCUT2D eigenvalue weighted by atomic mass is 32.2. The monoisotopic (exact) mass is 415 g/mol. The van der Waals surface area contributed by atoms with Crippen LogP contribution in [-0.4, -0.2) is 40.7 Å². The maximum atomic E-state index is 11.8. The molecule has 4 N–H and O–H groups in total. The van der Waals surface area contributed by atoms with Crippen LogP contribution in [0.3, 0.4) is 0 Å². The smallest absolute Gasteiger partial charge is 0.269 e. The number of phenolic OH excluding ortho intramolecular Hbond substituents is 1. The second-order valence-electron chi connectivity index (χ2n) is 6.06. The lowest BCUT2D eigenvalue weighted by molar-refractivity contribution is 0.0960. The van der Waals surface area contributed by atoms with Gasteiger partial charge in [0.1, 0.15) is 0 Å². The SMILES string of the molecule is CNC(=O)c1cccc(NC2=NS(=O)N=C2NCc2ccc3c(c2)OCO3)c1O. The molecule has 0 aromatic heterocycles. The molecule has 2 aromatic rings. The van der Waals surface area contributed by atoms with Crippen LogP contribution in [0.4, 0.5) is 5.69 Å². The maximum Gasteiger partial charge on any atom is 0.269 e. The summed E-state index contributed by atoms with van der Waals surface area (Å²) in [5.74, 6) is 1.12. The molecular formula is C18H17N5O5S. The van der Waals surface area contributed by atoms with Crippen molar-refractivity contribution in [3.8, 4) is 17.2 Å². The molecule has 10 nitrogen and oxygen atoms in total. The van der Waals surface area contributed by atoms with Gasteiger partial charge in [-0.2, -0.15) is 0 Å². The van der Waals surface area contributed by atoms with Crippen molar-refractivity contribution in [2.75, 3.05) is 19.2 Å². The Morgan fingerprint density at radius 3 is 2.79 bits per heavy atom. The van der Waals surface area contributed by atoms with Crippen LogP contribution in [-0.2, 0) is 17.7 Å². The molecule has 1 atom stereocenters. The third kappa shape index (κ3) is 3.85. The minimum Gasteiger partial charge on any atom is -0.505 e. The van der Waals surface area contributed by atoms with Gasteiger partial charge in [-0.3, -0.25) is 4.79 Å². The molecule has 1 unspecified atom stereocenters. The van der Waals surface area contributed by atoms with E-state index in [0.29, 0.717) is 18.0 Å². The zero-order valence-corrected chi connectivity index (χ0v) is 16.1. The number of hydrogen-bond donors (Lipinski definition) is 4. The van der Waals surface area contributed by atoms with Gasteiger partial charge >= 0.3 is 0 Å². The van der Waals surface area contributed by atoms with Crippen LogP contribution < -0.4 is 25.4 Å². The molecule has 1 amide bonds. The first kappa shape index (κ1) is 18.7. The molecule has 2 aromatic carbocycles. The molecule has 0 radical (unpaired) electrons. The highest BCUT2D eigenvalue weighted by molar-refractivity contribution is 7.83. The van der Waals surface area contributed by atoms with Crippen LogP contribution in [0.15, 0.2) is 45.2 Å². The number of hydrogen-bond acceptors (Lipinski definition) is 7. The van der Waals surface area contributed by atoms with E-state index in [-0.39, 0.29) is 35.5 Å². The minimum absolute atomic E-state index is 0.101. The Bertz CT molecular complexity index is 1070. The lowest BCUT2D eigenvalue weighted by atomic mass is 10.1. The van der Waals surface area contributed by atoms with Crippen molar-refractivity contribution < 1.29 is 23.6 Å². The van der Waals surface area contributed by atoms with Crippen molar-refractivity contribution >= 4 is 34.4 Å². The molecule has 0 saturated carbocycles. The van der Waals surface area contributed by atoms with E-state index in [4.69, 9.17) is 9.47 Å². The Morgan fingerprint density at radius 1 is 1.17 bits per heavy atom. The lowest BCUT2D eigenvalue weighted by Gasteiger charge is -2.13. The molecule has 4 rings (SSSR count). The number of amides is 1. The van der Waals surface area contributed by atoms with Crippen molar-refractivity contribution in [3.05, 3.63) is 47.5 Å². The molecule has 0 fully saturated rings. The lowest BCUT2D eigenvalue weighted by Crippen LogP contribution is -2.33. The van der Waals surface area contributed by atoms with Crippen molar-refractivity contribution in [2.45, 2.75) is 6.54 Å². The van der Waals surface area contributed by atoms with Gasteiger partial charge in [-0.15, -0.1) is 8.80 Å². The van der Waals surface area contributed by atoms with Crippen LogP contribution in [0.1, 0.15) is 15.9 Å². The summed E-state index contributed by atoms with van der Waals surface area (Å²) in [5.41, 5.74) is 1.24. The number of carbonyl (C=O) groups is 1. The third-order valence-corrected chi connectivity index (χ3v) is 4.90. The summed E-state index contributed by atoms with van der Waals surface area (Å²) in [6.07, 6.45) is 0. The van der Waals surface area contributed by atoms with Crippen LogP contribution in [0.25, 0.3) is 0 Å². The molecule has 11 heteroatoms. The molecular weight excluding hydrogens is 398 g/mol. The molecule has 2 heterocycles. The Morgan fingerprint density at radius 2 is 1.97 bits per heavy atom. The summed E-state index contributed by atoms with van der Waals surface area (Å²) in [6, 6.07) is 10.2. The van der Waals surface area contributed by atoms with E-state index in [2.05, 4.69) is 24.7 Å². The first-order chi connectivity index (χ1) is 14.0. The number of benzene rings is 2. The number of aromatic hydroxyl groups is 1. The van der Waals surface area contributed by atoms with Crippen LogP contribution >= 0.6 is 0 Å². The largest absolute Gasteiger partial charge is 0.505 e. The zero-order chi connectivity index (χ0) is 20.4. The number of nitrogens with zero attached hydrogens (tertiary/aromatic N) is 2. The molecule has 29 heavy (non-hydrogen) atoms. The molecule has 2 aliphatic heterocycles. The van der Waals surface area contributed by atoms with Gasteiger partial charge in [0.2, 0.25) is 6.79 Å². The number of amidine groups is 2. The van der Waals surface area contributed by atoms with Gasteiger partial charge in [0, 0.05) is 13.6 Å². The normalized spacial score (nSPS) is 16.8. The van der Waals surface area contributed by atoms with E-state index in [0.717, 1.165) is 5.56 Å². The summed E-state index contributed by atoms with van der Waals surface area (Å²) in [4.78, 5) is 11.8. The molecule has 0 aliphatic carbocycles. The van der Waals surface area contributed by atoms with Crippen LogP contribution in [0.5, 0.6) is 17.2 Å². The van der Waals surface area contributed by atoms with Crippen LogP contribution in [0, 0.1) is 0 Å². The van der Waals surface area contributed by atoms with Gasteiger partial charge in [-0.25, -0.2) is 4.21 Å². The van der Waals surface area contributed by atoms with E-state index >= 15 is 0 Å². The Balaban J connectivity index is 1.48. The number of carbonyl (C=O) groups excluding carboxylic acids is 1. The summed E-state index contributed by atoms with van der Waals surface area (Å²) in [6.45, 7) is 0.564. The highest BCUT2D eigenvalue weighted by Crippen LogP contribution is 2.32. The standard InChI is InChI=1S/C18H17N5O5S/c1-19-18(25)11-3-2-4-12(15(11)24)21-17-16(22-29(26)23-17)20-8-10-5-6-13-14(7-10)28-9-27-13/h2-7,24H,8-9H2,1H3,(H,19,25)(H,20,22)(H,21,23). The average Bonchev–Trinajstić information content (AvgIpc) is 3.33. The van der Waals surface area contributed by atoms with Gasteiger partial charge in [-0.1, -0.05) is 12.1 Å². The second kappa shape index (κ2) is 7.80. The fraction of sp³-hybridized carbons (Fsp3) is 0.167. The quantitative estimate of drug-likeness (QED) is 0.549. The number of ether oxygens (including phenoxy) is 2. The zero-order valence-electron chi connectivity index (χ0n) is 15.3. The molecule has 0 saturated heterocycles. The predicted molar refractivity (Wildman–Crippen MR) is 108 cm³/mol. The fourth-order valence-corrected chi connectivity index (χ4v) is 3.42. The predicted octanol–water partition coefficient (Wildman–Crippen LogP) is 1.07. The third-order valence-electron chi connectivity index (χ3n) is 4.22. The Hall–Kier alpha value is -3.60. The summed E-state index contributed by atoms with van der Waals surface area (Å²) in [7, 11) is 1.47. The number of fused-ring (bicyclic) bond motifs is 1. The second-order valence-corrected chi connectivity index (χ2v) is 6.88. The Kier molecular flexibility index (Phi) is 5.04. The molecule has 0 spiro atoms. The van der Waals surface area contributed by atoms with E-state index < -0.39 is 17.1 Å². The number of para-hydroxylation sites is 1. The van der Waals surface area contributed by atoms with Gasteiger partial charge in [0.25, 0.3) is 17.1 Å². The molecule has 150 valence electrons. The summed E-state index contributed by atoms with van der Waals surface area (Å²) < 4.78 is 30.3. The van der Waals surface area contributed by atoms with E-state index in [1.165, 1.54) is 13.1 Å². The fourth-order valence-electron chi connectivity index (χ4n) is 2.79. The number of phenols is 1. The number of anilines is 1. The van der Waals surface area contributed by atoms with Gasteiger partial charge in [0.15, 0.2) is 28.9 Å². The minimum atomic E-state index is -1.79. The molecule has 0 bridgehead atoms. The first-order valence-electron chi connectivity index (χ1n) is 8.58. The van der Waals surface area contributed by atoms with E-state index in [1.807, 2.05) is 18.2 Å². The van der Waals surface area contributed by atoms with Crippen molar-refractivity contribution in [1.82, 2.24) is 10.6 Å². The number of rotatable bonds is 4. The topological polar surface area (TPSA) is 134 Å². The average molecular weight is 415 g/mol. The maximum absolute atomic E-state index is 11.8. The van der Waals surface area contributed by atoms with Gasteiger partial charge in [0.05, 0.1) is 11.3 Å². The molecule has 2 aliphatic rings. The van der Waals surface area contributed by atoms with E-state index in [9.17, 15) is 14.1 Å². The van der Waals surface area contributed by atoms with Crippen LogP contribution in [0.2, 0.25) is 0 Å². The highest BCUT2D eigenvalue weighted by Gasteiger charge is 2.22. The first-order valence-corrected chi connectivity index (χ1v) is 9.65. The summed E-state index contributed by atoms with van der Waals surface area (Å²) >= 11 is -1.79. The van der Waals surface area contributed by atoms with E-state index in [1.54, 1.807) is 12.1 Å². The Labute approximate surface area is 168 Å². The van der Waals surface area contributed by atoms with Crippen molar-refractivity contribution in [3.63, 3.8) is 0 Å². The number of nitrogens with one attached hydrogen (secondary N) is 3. The van der Waals surface area contributed by atoms with Crippen molar-refractivity contribution in [2.24, 2.45) is 8.80 Å². The summed E-state index contributed by atoms with van der Waals surface area (Å²) in [5, 5.41) is 18.8. The van der Waals surface area contributed by atoms with Crippen molar-refractivity contribution in [1.29, 1.82) is 0 Å².